The number of hydrogen-bond donors (Lipinski definition) is 1. The quantitative estimate of drug-likeness (QED) is 0.373. The van der Waals surface area contributed by atoms with Crippen LogP contribution in [0.5, 0.6) is 0 Å². The Kier molecular flexibility index (Phi) is 3.59. The van der Waals surface area contributed by atoms with E-state index < -0.39 is 0 Å². The largest absolute Gasteiger partial charge is 0.466 e. The lowest BCUT2D eigenvalue weighted by atomic mass is 9.63. The van der Waals surface area contributed by atoms with Crippen LogP contribution in [0.3, 0.4) is 0 Å². The number of aliphatic hydroxyl groups is 1. The van der Waals surface area contributed by atoms with E-state index in [1.54, 1.807) is 0 Å². The first kappa shape index (κ1) is 15.3. The maximum Gasteiger partial charge on any atom is 0.330 e. The van der Waals surface area contributed by atoms with E-state index in [0.29, 0.717) is 12.8 Å². The van der Waals surface area contributed by atoms with E-state index in [-0.39, 0.29) is 28.7 Å². The molecular weight excluding hydrogens is 256 g/mol. The Hall–Kier alpha value is -1.13. The first-order valence-corrected chi connectivity index (χ1v) is 6.99. The average molecular weight is 280 g/mol. The van der Waals surface area contributed by atoms with Gasteiger partial charge in [-0.15, -0.1) is 0 Å². The first-order chi connectivity index (χ1) is 9.16. The number of aliphatic hydroxyl groups excluding tert-OH is 1. The molecule has 1 aliphatic carbocycles. The van der Waals surface area contributed by atoms with Gasteiger partial charge in [0, 0.05) is 17.9 Å². The third-order valence-electron chi connectivity index (χ3n) is 4.63. The second-order valence-electron chi connectivity index (χ2n) is 6.76. The average Bonchev–Trinajstić information content (AvgIpc) is 2.92. The van der Waals surface area contributed by atoms with Crippen molar-refractivity contribution in [3.8, 4) is 0 Å². The Balaban J connectivity index is 2.21. The summed E-state index contributed by atoms with van der Waals surface area (Å²) < 4.78 is 10.6. The number of allylic oxidation sites excluding steroid dienone is 2. The Bertz CT molecular complexity index is 477. The summed E-state index contributed by atoms with van der Waals surface area (Å²) in [6, 6.07) is 0. The molecule has 0 amide bonds. The van der Waals surface area contributed by atoms with Gasteiger partial charge in [-0.3, -0.25) is 0 Å². The van der Waals surface area contributed by atoms with Crippen molar-refractivity contribution in [3.05, 3.63) is 23.8 Å². The Morgan fingerprint density at radius 3 is 2.55 bits per heavy atom. The van der Waals surface area contributed by atoms with Crippen molar-refractivity contribution in [2.75, 3.05) is 7.11 Å². The standard InChI is InChI=1S/C16H24O4/c1-11(8-13(18)19-5)6-7-16-14(2,3)9-12(17)10-15(16,4)20-16/h6-8,12,17H,9-10H2,1-5H3/b7-6+,11-8+/t12-,15?,16?/m1/s1. The highest BCUT2D eigenvalue weighted by molar-refractivity contribution is 5.83. The Labute approximate surface area is 120 Å². The summed E-state index contributed by atoms with van der Waals surface area (Å²) in [7, 11) is 1.36. The van der Waals surface area contributed by atoms with Crippen LogP contribution in [0.2, 0.25) is 0 Å². The molecule has 1 aliphatic heterocycles. The number of carbonyl (C=O) groups is 1. The summed E-state index contributed by atoms with van der Waals surface area (Å²) >= 11 is 0. The van der Waals surface area contributed by atoms with Crippen molar-refractivity contribution in [1.29, 1.82) is 0 Å². The fourth-order valence-electron chi connectivity index (χ4n) is 3.62. The minimum atomic E-state index is -0.359. The van der Waals surface area contributed by atoms with Crippen LogP contribution >= 0.6 is 0 Å². The van der Waals surface area contributed by atoms with Gasteiger partial charge in [-0.05, 0) is 31.9 Å². The van der Waals surface area contributed by atoms with Gasteiger partial charge < -0.3 is 14.6 Å². The smallest absolute Gasteiger partial charge is 0.330 e. The maximum atomic E-state index is 11.2. The van der Waals surface area contributed by atoms with Gasteiger partial charge in [-0.1, -0.05) is 19.9 Å². The molecule has 1 saturated carbocycles. The van der Waals surface area contributed by atoms with Gasteiger partial charge in [0.1, 0.15) is 11.2 Å². The summed E-state index contributed by atoms with van der Waals surface area (Å²) in [5, 5.41) is 9.97. The zero-order chi connectivity index (χ0) is 15.2. The van der Waals surface area contributed by atoms with E-state index in [1.165, 1.54) is 13.2 Å². The predicted octanol–water partition coefficient (Wildman–Crippen LogP) is 2.37. The number of methoxy groups -OCH3 is 1. The van der Waals surface area contributed by atoms with Crippen molar-refractivity contribution in [2.45, 2.75) is 57.8 Å². The van der Waals surface area contributed by atoms with Crippen molar-refractivity contribution in [3.63, 3.8) is 0 Å². The van der Waals surface area contributed by atoms with Gasteiger partial charge in [0.15, 0.2) is 0 Å². The SMILES string of the molecule is COC(=O)/C=C(C)/C=C/C12OC1(C)C[C@H](O)CC2(C)C. The van der Waals surface area contributed by atoms with Gasteiger partial charge >= 0.3 is 5.97 Å². The van der Waals surface area contributed by atoms with Gasteiger partial charge in [-0.2, -0.15) is 0 Å². The van der Waals surface area contributed by atoms with Gasteiger partial charge in [-0.25, -0.2) is 4.79 Å². The van der Waals surface area contributed by atoms with Gasteiger partial charge in [0.2, 0.25) is 0 Å². The van der Waals surface area contributed by atoms with Crippen LogP contribution in [0.15, 0.2) is 23.8 Å². The van der Waals surface area contributed by atoms with Crippen molar-refractivity contribution < 1.29 is 19.4 Å². The van der Waals surface area contributed by atoms with Crippen molar-refractivity contribution >= 4 is 5.97 Å². The van der Waals surface area contributed by atoms with E-state index in [4.69, 9.17) is 4.74 Å². The molecule has 3 atom stereocenters. The molecule has 0 radical (unpaired) electrons. The van der Waals surface area contributed by atoms with Crippen molar-refractivity contribution in [1.82, 2.24) is 0 Å². The zero-order valence-electron chi connectivity index (χ0n) is 12.9. The summed E-state index contributed by atoms with van der Waals surface area (Å²) in [6.07, 6.45) is 6.45. The molecule has 0 aromatic rings. The fourth-order valence-corrected chi connectivity index (χ4v) is 3.62. The third kappa shape index (κ3) is 2.31. The highest BCUT2D eigenvalue weighted by Gasteiger charge is 2.74. The summed E-state index contributed by atoms with van der Waals surface area (Å²) in [5.41, 5.74) is 0.0215. The van der Waals surface area contributed by atoms with Gasteiger partial charge in [0.25, 0.3) is 0 Å². The number of esters is 1. The number of hydrogen-bond acceptors (Lipinski definition) is 4. The molecule has 2 aliphatic rings. The van der Waals surface area contributed by atoms with Crippen LogP contribution in [-0.4, -0.2) is 35.5 Å². The van der Waals surface area contributed by atoms with E-state index >= 15 is 0 Å². The lowest BCUT2D eigenvalue weighted by Crippen LogP contribution is -2.46. The molecule has 2 rings (SSSR count). The lowest BCUT2D eigenvalue weighted by Gasteiger charge is -2.39. The molecular formula is C16H24O4. The highest BCUT2D eigenvalue weighted by Crippen LogP contribution is 2.66. The molecule has 1 saturated heterocycles. The number of ether oxygens (including phenoxy) is 2. The van der Waals surface area contributed by atoms with Crippen LogP contribution in [0.4, 0.5) is 0 Å². The molecule has 4 heteroatoms. The maximum absolute atomic E-state index is 11.2. The van der Waals surface area contributed by atoms with Crippen LogP contribution in [0.25, 0.3) is 0 Å². The van der Waals surface area contributed by atoms with E-state index in [9.17, 15) is 9.90 Å². The first-order valence-electron chi connectivity index (χ1n) is 6.99. The molecule has 1 heterocycles. The topological polar surface area (TPSA) is 59.1 Å². The van der Waals surface area contributed by atoms with Crippen LogP contribution < -0.4 is 0 Å². The molecule has 0 spiro atoms. The summed E-state index contributed by atoms with van der Waals surface area (Å²) in [5.74, 6) is -0.359. The normalized spacial score (nSPS) is 39.5. The lowest BCUT2D eigenvalue weighted by molar-refractivity contribution is -0.134. The fraction of sp³-hybridized carbons (Fsp3) is 0.688. The second kappa shape index (κ2) is 4.71. The van der Waals surface area contributed by atoms with E-state index in [2.05, 4.69) is 18.6 Å². The summed E-state index contributed by atoms with van der Waals surface area (Å²) in [4.78, 5) is 11.2. The minimum absolute atomic E-state index is 0.137. The minimum Gasteiger partial charge on any atom is -0.466 e. The molecule has 0 aromatic heterocycles. The number of carbonyl (C=O) groups excluding carboxylic acids is 1. The van der Waals surface area contributed by atoms with Crippen LogP contribution in [0, 0.1) is 5.41 Å². The molecule has 112 valence electrons. The van der Waals surface area contributed by atoms with Gasteiger partial charge in [0.05, 0.1) is 13.2 Å². The van der Waals surface area contributed by atoms with Crippen molar-refractivity contribution in [2.24, 2.45) is 5.41 Å². The molecule has 1 N–H and O–H groups in total. The molecule has 20 heavy (non-hydrogen) atoms. The third-order valence-corrected chi connectivity index (χ3v) is 4.63. The van der Waals surface area contributed by atoms with E-state index in [0.717, 1.165) is 5.57 Å². The zero-order valence-corrected chi connectivity index (χ0v) is 12.9. The molecule has 4 nitrogen and oxygen atoms in total. The predicted molar refractivity (Wildman–Crippen MR) is 76.2 cm³/mol. The number of rotatable bonds is 3. The van der Waals surface area contributed by atoms with Crippen LogP contribution in [-0.2, 0) is 14.3 Å². The molecule has 2 fully saturated rings. The molecule has 0 aromatic carbocycles. The number of epoxide rings is 1. The highest BCUT2D eigenvalue weighted by atomic mass is 16.6. The Morgan fingerprint density at radius 2 is 2.00 bits per heavy atom. The second-order valence-corrected chi connectivity index (χ2v) is 6.76. The summed E-state index contributed by atoms with van der Waals surface area (Å²) in [6.45, 7) is 8.13. The number of fused-ring (bicyclic) bond motifs is 1. The van der Waals surface area contributed by atoms with Crippen LogP contribution in [0.1, 0.15) is 40.5 Å². The Morgan fingerprint density at radius 1 is 1.35 bits per heavy atom. The molecule has 2 unspecified atom stereocenters. The monoisotopic (exact) mass is 280 g/mol. The van der Waals surface area contributed by atoms with E-state index in [1.807, 2.05) is 26.0 Å². The molecule has 0 bridgehead atoms.